The summed E-state index contributed by atoms with van der Waals surface area (Å²) in [6.45, 7) is 1.56. The van der Waals surface area contributed by atoms with E-state index in [0.717, 1.165) is 41.6 Å². The lowest BCUT2D eigenvalue weighted by Crippen LogP contribution is -2.34. The van der Waals surface area contributed by atoms with Gasteiger partial charge in [0.15, 0.2) is 0 Å². The summed E-state index contributed by atoms with van der Waals surface area (Å²) < 4.78 is 45.5. The number of ether oxygens (including phenoxy) is 1. The summed E-state index contributed by atoms with van der Waals surface area (Å²) in [6, 6.07) is 5.28. The third-order valence-corrected chi connectivity index (χ3v) is 6.92. The second-order valence-electron chi connectivity index (χ2n) is 7.87. The first kappa shape index (κ1) is 23.4. The summed E-state index contributed by atoms with van der Waals surface area (Å²) in [4.78, 5) is 14.4. The van der Waals surface area contributed by atoms with Crippen LogP contribution in [0.15, 0.2) is 42.3 Å². The maximum atomic E-state index is 12.7. The van der Waals surface area contributed by atoms with Crippen molar-refractivity contribution in [3.05, 3.63) is 63.6 Å². The van der Waals surface area contributed by atoms with E-state index in [2.05, 4.69) is 25.5 Å². The van der Waals surface area contributed by atoms with Crippen LogP contribution in [0.4, 0.5) is 19.1 Å². The first-order chi connectivity index (χ1) is 16.9. The van der Waals surface area contributed by atoms with Crippen LogP contribution < -0.4 is 9.64 Å². The predicted molar refractivity (Wildman–Crippen MR) is 122 cm³/mol. The highest BCUT2D eigenvalue weighted by Gasteiger charge is 2.32. The Morgan fingerprint density at radius 2 is 1.91 bits per heavy atom. The molecule has 1 fully saturated rings. The Bertz CT molecular complexity index is 1270. The molecule has 3 aromatic heterocycles. The smallest absolute Gasteiger partial charge is 0.419 e. The molecule has 1 saturated heterocycles. The summed E-state index contributed by atoms with van der Waals surface area (Å²) in [5, 5.41) is 14.4. The number of halogens is 4. The zero-order valence-electron chi connectivity index (χ0n) is 18.1. The standard InChI is InChI=1S/C21H18ClF3N8OS/c22-17-7-16(33-12-28-30-31-33)1-2-18(17)34-10-15-11-35-19(29-15)13-3-5-32(6-4-13)20-26-8-14(9-27-20)21(23,24)25/h1-2,7-9,11-13H,3-6,10H2. The molecule has 35 heavy (non-hydrogen) atoms. The molecule has 0 saturated carbocycles. The van der Waals surface area contributed by atoms with Crippen LogP contribution in [0, 0.1) is 0 Å². The van der Waals surface area contributed by atoms with E-state index in [9.17, 15) is 13.2 Å². The molecule has 0 bridgehead atoms. The van der Waals surface area contributed by atoms with Gasteiger partial charge < -0.3 is 9.64 Å². The van der Waals surface area contributed by atoms with Crippen molar-refractivity contribution in [1.82, 2.24) is 35.2 Å². The number of hydrogen-bond donors (Lipinski definition) is 0. The molecular weight excluding hydrogens is 505 g/mol. The van der Waals surface area contributed by atoms with E-state index in [4.69, 9.17) is 21.3 Å². The maximum absolute atomic E-state index is 12.7. The molecule has 182 valence electrons. The van der Waals surface area contributed by atoms with Crippen LogP contribution >= 0.6 is 22.9 Å². The fourth-order valence-electron chi connectivity index (χ4n) is 3.71. The normalized spacial score (nSPS) is 14.9. The van der Waals surface area contributed by atoms with Crippen LogP contribution in [0.3, 0.4) is 0 Å². The zero-order chi connectivity index (χ0) is 24.4. The molecule has 1 aliphatic heterocycles. The number of aromatic nitrogens is 7. The molecule has 0 unspecified atom stereocenters. The number of nitrogens with zero attached hydrogens (tertiary/aromatic N) is 8. The summed E-state index contributed by atoms with van der Waals surface area (Å²) in [6.07, 6.45) is 0.303. The van der Waals surface area contributed by atoms with E-state index < -0.39 is 11.7 Å². The summed E-state index contributed by atoms with van der Waals surface area (Å²) in [5.41, 5.74) is 0.675. The number of thiazole rings is 1. The minimum Gasteiger partial charge on any atom is -0.486 e. The Morgan fingerprint density at radius 3 is 2.57 bits per heavy atom. The minimum absolute atomic E-state index is 0.263. The van der Waals surface area contributed by atoms with Crippen molar-refractivity contribution in [2.45, 2.75) is 31.5 Å². The van der Waals surface area contributed by atoms with Crippen molar-refractivity contribution in [2.24, 2.45) is 0 Å². The Morgan fingerprint density at radius 1 is 1.14 bits per heavy atom. The first-order valence-corrected chi connectivity index (χ1v) is 11.9. The van der Waals surface area contributed by atoms with Crippen LogP contribution in [0.2, 0.25) is 5.02 Å². The molecule has 0 radical (unpaired) electrons. The van der Waals surface area contributed by atoms with Gasteiger partial charge in [0.25, 0.3) is 0 Å². The van der Waals surface area contributed by atoms with Gasteiger partial charge in [-0.05, 0) is 41.5 Å². The molecule has 0 N–H and O–H groups in total. The lowest BCUT2D eigenvalue weighted by Gasteiger charge is -2.31. The van der Waals surface area contributed by atoms with Crippen molar-refractivity contribution in [3.8, 4) is 11.4 Å². The van der Waals surface area contributed by atoms with Gasteiger partial charge in [-0.1, -0.05) is 11.6 Å². The number of tetrazole rings is 1. The van der Waals surface area contributed by atoms with Crippen LogP contribution in [0.25, 0.3) is 5.69 Å². The van der Waals surface area contributed by atoms with Crippen molar-refractivity contribution >= 4 is 28.9 Å². The third kappa shape index (κ3) is 5.35. The average molecular weight is 523 g/mol. The number of piperidine rings is 1. The third-order valence-electron chi connectivity index (χ3n) is 5.57. The number of alkyl halides is 3. The van der Waals surface area contributed by atoms with Crippen LogP contribution in [0.5, 0.6) is 5.75 Å². The molecule has 0 amide bonds. The highest BCUT2D eigenvalue weighted by molar-refractivity contribution is 7.09. The number of rotatable bonds is 6. The van der Waals surface area contributed by atoms with Crippen LogP contribution in [-0.4, -0.2) is 48.2 Å². The van der Waals surface area contributed by atoms with E-state index >= 15 is 0 Å². The molecule has 4 heterocycles. The largest absolute Gasteiger partial charge is 0.486 e. The van der Waals surface area contributed by atoms with Gasteiger partial charge in [-0.15, -0.1) is 16.4 Å². The Balaban J connectivity index is 1.15. The number of anilines is 1. The Kier molecular flexibility index (Phi) is 6.52. The molecule has 1 aliphatic rings. The van der Waals surface area contributed by atoms with Gasteiger partial charge >= 0.3 is 6.18 Å². The van der Waals surface area contributed by atoms with Gasteiger partial charge in [-0.2, -0.15) is 13.2 Å². The Hall–Kier alpha value is -3.32. The maximum Gasteiger partial charge on any atom is 0.419 e. The van der Waals surface area contributed by atoms with E-state index in [1.807, 2.05) is 10.3 Å². The van der Waals surface area contributed by atoms with Gasteiger partial charge in [0.05, 0.1) is 27.0 Å². The molecule has 14 heteroatoms. The van der Waals surface area contributed by atoms with Gasteiger partial charge in [-0.25, -0.2) is 19.6 Å². The Labute approximate surface area is 206 Å². The van der Waals surface area contributed by atoms with Crippen LogP contribution in [-0.2, 0) is 12.8 Å². The number of hydrogen-bond acceptors (Lipinski definition) is 9. The molecule has 0 spiro atoms. The molecule has 0 atom stereocenters. The zero-order valence-corrected chi connectivity index (χ0v) is 19.6. The van der Waals surface area contributed by atoms with E-state index in [-0.39, 0.29) is 12.5 Å². The fraction of sp³-hybridized carbons (Fsp3) is 0.333. The highest BCUT2D eigenvalue weighted by atomic mass is 35.5. The quantitative estimate of drug-likeness (QED) is 0.364. The predicted octanol–water partition coefficient (Wildman–Crippen LogP) is 4.54. The van der Waals surface area contributed by atoms with Gasteiger partial charge in [0.1, 0.15) is 18.7 Å². The summed E-state index contributed by atoms with van der Waals surface area (Å²) in [7, 11) is 0. The SMILES string of the molecule is FC(F)(F)c1cnc(N2CCC(c3nc(COc4ccc(-n5cnnn5)cc4Cl)cs3)CC2)nc1. The monoisotopic (exact) mass is 522 g/mol. The van der Waals surface area contributed by atoms with Crippen molar-refractivity contribution in [1.29, 1.82) is 0 Å². The fourth-order valence-corrected chi connectivity index (χ4v) is 4.92. The second-order valence-corrected chi connectivity index (χ2v) is 9.16. The molecule has 9 nitrogen and oxygen atoms in total. The molecular formula is C21H18ClF3N8OS. The van der Waals surface area contributed by atoms with Crippen LogP contribution in [0.1, 0.15) is 35.0 Å². The number of benzene rings is 1. The molecule has 4 aromatic rings. The van der Waals surface area contributed by atoms with Gasteiger partial charge in [-0.3, -0.25) is 0 Å². The van der Waals surface area contributed by atoms with Gasteiger partial charge in [0, 0.05) is 36.8 Å². The van der Waals surface area contributed by atoms with Gasteiger partial charge in [0.2, 0.25) is 5.95 Å². The minimum atomic E-state index is -4.44. The average Bonchev–Trinajstić information content (AvgIpc) is 3.56. The lowest BCUT2D eigenvalue weighted by atomic mass is 9.98. The lowest BCUT2D eigenvalue weighted by molar-refractivity contribution is -0.138. The first-order valence-electron chi connectivity index (χ1n) is 10.6. The van der Waals surface area contributed by atoms with E-state index in [1.54, 1.807) is 29.5 Å². The highest BCUT2D eigenvalue weighted by Crippen LogP contribution is 2.33. The summed E-state index contributed by atoms with van der Waals surface area (Å²) in [5.74, 6) is 1.11. The topological polar surface area (TPSA) is 94.7 Å². The van der Waals surface area contributed by atoms with Crippen molar-refractivity contribution in [3.63, 3.8) is 0 Å². The molecule has 5 rings (SSSR count). The van der Waals surface area contributed by atoms with E-state index in [1.165, 1.54) is 11.0 Å². The van der Waals surface area contributed by atoms with Crippen molar-refractivity contribution in [2.75, 3.05) is 18.0 Å². The second kappa shape index (κ2) is 9.74. The molecule has 1 aromatic carbocycles. The van der Waals surface area contributed by atoms with E-state index in [0.29, 0.717) is 29.8 Å². The molecule has 0 aliphatic carbocycles. The van der Waals surface area contributed by atoms with Crippen molar-refractivity contribution < 1.29 is 17.9 Å². The summed E-state index contributed by atoms with van der Waals surface area (Å²) >= 11 is 7.91.